The average Bonchev–Trinajstić information content (AvgIpc) is 2.86. The van der Waals surface area contributed by atoms with Gasteiger partial charge in [0.25, 0.3) is 0 Å². The van der Waals surface area contributed by atoms with E-state index in [4.69, 9.17) is 5.73 Å². The third-order valence-electron chi connectivity index (χ3n) is 3.91. The van der Waals surface area contributed by atoms with Crippen LogP contribution in [-0.4, -0.2) is 36.8 Å². The average molecular weight is 359 g/mol. The first kappa shape index (κ1) is 19.0. The highest BCUT2D eigenvalue weighted by molar-refractivity contribution is 6.01. The van der Waals surface area contributed by atoms with Gasteiger partial charge in [0.2, 0.25) is 11.8 Å². The van der Waals surface area contributed by atoms with Crippen molar-refractivity contribution in [1.29, 1.82) is 0 Å². The fraction of sp³-hybridized carbons (Fsp3) is 0.500. The van der Waals surface area contributed by atoms with Crippen molar-refractivity contribution in [3.63, 3.8) is 0 Å². The smallest absolute Gasteiger partial charge is 0.406 e. The number of halogens is 3. The molecule has 0 spiro atoms. The summed E-state index contributed by atoms with van der Waals surface area (Å²) >= 11 is 0. The monoisotopic (exact) mass is 359 g/mol. The highest BCUT2D eigenvalue weighted by Gasteiger charge is 2.36. The molecule has 1 saturated heterocycles. The Labute approximate surface area is 143 Å². The second-order valence-corrected chi connectivity index (χ2v) is 6.15. The van der Waals surface area contributed by atoms with Gasteiger partial charge in [0.15, 0.2) is 0 Å². The lowest BCUT2D eigenvalue weighted by atomic mass is 10.0. The van der Waals surface area contributed by atoms with E-state index >= 15 is 0 Å². The highest BCUT2D eigenvalue weighted by Crippen LogP contribution is 2.29. The maximum Gasteiger partial charge on any atom is 0.573 e. The Morgan fingerprint density at radius 2 is 2.08 bits per heavy atom. The van der Waals surface area contributed by atoms with E-state index < -0.39 is 36.0 Å². The molecule has 1 fully saturated rings. The number of benzene rings is 1. The molecule has 1 aliphatic heterocycles. The van der Waals surface area contributed by atoms with Gasteiger partial charge in [0.1, 0.15) is 11.8 Å². The molecule has 3 N–H and O–H groups in total. The van der Waals surface area contributed by atoms with E-state index in [1.165, 1.54) is 17.0 Å². The van der Waals surface area contributed by atoms with Crippen molar-refractivity contribution in [2.45, 2.75) is 38.7 Å². The van der Waals surface area contributed by atoms with E-state index in [1.807, 2.05) is 0 Å². The minimum absolute atomic E-state index is 0.0798. The van der Waals surface area contributed by atoms with E-state index in [9.17, 15) is 22.8 Å². The van der Waals surface area contributed by atoms with Gasteiger partial charge >= 0.3 is 6.36 Å². The lowest BCUT2D eigenvalue weighted by Crippen LogP contribution is -2.50. The zero-order chi connectivity index (χ0) is 18.8. The molecule has 2 amide bonds. The summed E-state index contributed by atoms with van der Waals surface area (Å²) in [5.74, 6) is -1.31. The molecule has 0 radical (unpaired) electrons. The number of rotatable bonds is 5. The molecule has 0 aliphatic carbocycles. The lowest BCUT2D eigenvalue weighted by Gasteiger charge is -2.20. The predicted octanol–water partition coefficient (Wildman–Crippen LogP) is 1.79. The Morgan fingerprint density at radius 1 is 1.40 bits per heavy atom. The molecule has 2 rings (SSSR count). The lowest BCUT2D eigenvalue weighted by molar-refractivity contribution is -0.274. The van der Waals surface area contributed by atoms with Crippen LogP contribution in [0.25, 0.3) is 0 Å². The second kappa shape index (κ2) is 7.30. The Kier molecular flexibility index (Phi) is 5.56. The number of nitrogens with two attached hydrogens (primary N) is 1. The molecule has 9 heteroatoms. The van der Waals surface area contributed by atoms with E-state index in [1.54, 1.807) is 13.8 Å². The Morgan fingerprint density at radius 3 is 2.68 bits per heavy atom. The number of nitrogens with zero attached hydrogens (tertiary/aromatic N) is 1. The molecule has 0 saturated carbocycles. The molecule has 1 unspecified atom stereocenters. The first-order valence-electron chi connectivity index (χ1n) is 7.81. The molecule has 6 nitrogen and oxygen atoms in total. The molecule has 2 atom stereocenters. The summed E-state index contributed by atoms with van der Waals surface area (Å²) in [5, 5.41) is 2.60. The van der Waals surface area contributed by atoms with Crippen molar-refractivity contribution >= 4 is 17.5 Å². The molecule has 1 aromatic carbocycles. The first-order chi connectivity index (χ1) is 11.6. The van der Waals surface area contributed by atoms with Crippen LogP contribution in [0, 0.1) is 5.92 Å². The van der Waals surface area contributed by atoms with Crippen molar-refractivity contribution in [2.75, 3.05) is 11.4 Å². The van der Waals surface area contributed by atoms with Gasteiger partial charge < -0.3 is 20.7 Å². The van der Waals surface area contributed by atoms with Crippen LogP contribution < -0.4 is 20.7 Å². The minimum Gasteiger partial charge on any atom is -0.406 e. The van der Waals surface area contributed by atoms with Crippen molar-refractivity contribution in [2.24, 2.45) is 11.7 Å². The molecule has 1 aromatic rings. The molecule has 0 aromatic heterocycles. The highest BCUT2D eigenvalue weighted by atomic mass is 19.4. The maximum absolute atomic E-state index is 12.4. The molecule has 25 heavy (non-hydrogen) atoms. The topological polar surface area (TPSA) is 84.7 Å². The zero-order valence-corrected chi connectivity index (χ0v) is 13.8. The van der Waals surface area contributed by atoms with Gasteiger partial charge in [-0.2, -0.15) is 0 Å². The van der Waals surface area contributed by atoms with Crippen LogP contribution in [0.4, 0.5) is 18.9 Å². The summed E-state index contributed by atoms with van der Waals surface area (Å²) < 4.78 is 40.8. The van der Waals surface area contributed by atoms with Gasteiger partial charge in [-0.1, -0.05) is 19.9 Å². The number of hydrogen-bond acceptors (Lipinski definition) is 4. The van der Waals surface area contributed by atoms with Crippen LogP contribution in [0.15, 0.2) is 24.3 Å². The third kappa shape index (κ3) is 4.85. The van der Waals surface area contributed by atoms with E-state index in [-0.39, 0.29) is 18.2 Å². The molecular formula is C16H20F3N3O3. The van der Waals surface area contributed by atoms with Crippen molar-refractivity contribution < 1.29 is 27.5 Å². The summed E-state index contributed by atoms with van der Waals surface area (Å²) in [6.07, 6.45) is -4.46. The predicted molar refractivity (Wildman–Crippen MR) is 84.8 cm³/mol. The van der Waals surface area contributed by atoms with E-state index in [0.29, 0.717) is 6.42 Å². The zero-order valence-electron chi connectivity index (χ0n) is 13.8. The van der Waals surface area contributed by atoms with Crippen molar-refractivity contribution in [1.82, 2.24) is 5.32 Å². The number of hydrogen-bond donors (Lipinski definition) is 2. The molecule has 138 valence electrons. The van der Waals surface area contributed by atoms with Crippen LogP contribution in [-0.2, 0) is 9.59 Å². The standard InChI is InChI=1S/C16H20F3N3O3/c1-9(2)13(20)14(23)21-12-6-7-22(15(12)24)10-4-3-5-11(8-10)25-16(17,18)19/h3-5,8-9,12-13H,6-7,20H2,1-2H3,(H,21,23)/t12?,13-/m0/s1. The SMILES string of the molecule is CC(C)[C@H](N)C(=O)NC1CCN(c2cccc(OC(F)(F)F)c2)C1=O. The Hall–Kier alpha value is -2.29. The van der Waals surface area contributed by atoms with Crippen molar-refractivity contribution in [3.05, 3.63) is 24.3 Å². The summed E-state index contributed by atoms with van der Waals surface area (Å²) in [7, 11) is 0. The summed E-state index contributed by atoms with van der Waals surface area (Å²) in [4.78, 5) is 25.7. The summed E-state index contributed by atoms with van der Waals surface area (Å²) in [6.45, 7) is 3.86. The van der Waals surface area contributed by atoms with Crippen LogP contribution >= 0.6 is 0 Å². The number of amides is 2. The van der Waals surface area contributed by atoms with Crippen molar-refractivity contribution in [3.8, 4) is 5.75 Å². The number of carbonyl (C=O) groups excluding carboxylic acids is 2. The van der Waals surface area contributed by atoms with Gasteiger partial charge in [0.05, 0.1) is 6.04 Å². The Balaban J connectivity index is 2.07. The second-order valence-electron chi connectivity index (χ2n) is 6.15. The fourth-order valence-corrected chi connectivity index (χ4v) is 2.49. The van der Waals surface area contributed by atoms with Gasteiger partial charge in [-0.15, -0.1) is 13.2 Å². The summed E-state index contributed by atoms with van der Waals surface area (Å²) in [6, 6.07) is 3.68. The van der Waals surface area contributed by atoms with Crippen LogP contribution in [0.2, 0.25) is 0 Å². The maximum atomic E-state index is 12.4. The van der Waals surface area contributed by atoms with Gasteiger partial charge in [-0.25, -0.2) is 0 Å². The molecule has 0 bridgehead atoms. The van der Waals surface area contributed by atoms with Crippen LogP contribution in [0.1, 0.15) is 20.3 Å². The number of carbonyl (C=O) groups is 2. The first-order valence-corrected chi connectivity index (χ1v) is 7.81. The quantitative estimate of drug-likeness (QED) is 0.839. The van der Waals surface area contributed by atoms with Gasteiger partial charge in [-0.3, -0.25) is 9.59 Å². The number of alkyl halides is 3. The molecular weight excluding hydrogens is 339 g/mol. The molecule has 1 heterocycles. The third-order valence-corrected chi connectivity index (χ3v) is 3.91. The number of nitrogens with one attached hydrogen (secondary N) is 1. The number of anilines is 1. The Bertz CT molecular complexity index is 649. The largest absolute Gasteiger partial charge is 0.573 e. The van der Waals surface area contributed by atoms with E-state index in [2.05, 4.69) is 10.1 Å². The summed E-state index contributed by atoms with van der Waals surface area (Å²) in [5.41, 5.74) is 6.02. The van der Waals surface area contributed by atoms with Gasteiger partial charge in [-0.05, 0) is 24.5 Å². The minimum atomic E-state index is -4.81. The fourth-order valence-electron chi connectivity index (χ4n) is 2.49. The molecule has 1 aliphatic rings. The number of ether oxygens (including phenoxy) is 1. The van der Waals surface area contributed by atoms with Crippen LogP contribution in [0.5, 0.6) is 5.75 Å². The van der Waals surface area contributed by atoms with Crippen LogP contribution in [0.3, 0.4) is 0 Å². The normalized spacial score (nSPS) is 19.2. The van der Waals surface area contributed by atoms with Gasteiger partial charge in [0, 0.05) is 18.3 Å². The van der Waals surface area contributed by atoms with E-state index in [0.717, 1.165) is 12.1 Å².